The minimum Gasteiger partial charge on any atom is -0.483 e. The molecule has 0 heterocycles. The van der Waals surface area contributed by atoms with Crippen LogP contribution in [0.2, 0.25) is 5.02 Å². The van der Waals surface area contributed by atoms with E-state index in [0.717, 1.165) is 31.4 Å². The highest BCUT2D eigenvalue weighted by Gasteiger charge is 2.23. The number of amides is 1. The topological polar surface area (TPSA) is 50.4 Å². The molecule has 0 radical (unpaired) electrons. The summed E-state index contributed by atoms with van der Waals surface area (Å²) >= 11 is 6.07. The van der Waals surface area contributed by atoms with Crippen molar-refractivity contribution in [2.45, 2.75) is 45.2 Å². The van der Waals surface area contributed by atoms with Gasteiger partial charge in [-0.15, -0.1) is 0 Å². The molecule has 5 heteroatoms. The first kappa shape index (κ1) is 16.1. The molecule has 2 N–H and O–H groups in total. The highest BCUT2D eigenvalue weighted by molar-refractivity contribution is 6.30. The van der Waals surface area contributed by atoms with Crippen LogP contribution < -0.4 is 15.4 Å². The summed E-state index contributed by atoms with van der Waals surface area (Å²) in [6.07, 6.45) is 3.22. The number of ether oxygens (including phenoxy) is 1. The molecule has 1 amide bonds. The molecule has 2 rings (SSSR count). The van der Waals surface area contributed by atoms with E-state index in [-0.39, 0.29) is 18.6 Å². The SMILES string of the molecule is CCCNC(C)c1cc(Cl)ccc1OCC(=O)NC1CC1. The molecular formula is C16H23ClN2O2. The Morgan fingerprint density at radius 3 is 2.90 bits per heavy atom. The van der Waals surface area contributed by atoms with Crippen LogP contribution in [0, 0.1) is 0 Å². The summed E-state index contributed by atoms with van der Waals surface area (Å²) < 4.78 is 5.67. The summed E-state index contributed by atoms with van der Waals surface area (Å²) in [6.45, 7) is 5.16. The molecule has 0 bridgehead atoms. The van der Waals surface area contributed by atoms with E-state index in [4.69, 9.17) is 16.3 Å². The summed E-state index contributed by atoms with van der Waals surface area (Å²) in [7, 11) is 0. The molecule has 1 aliphatic carbocycles. The Kier molecular flexibility index (Phi) is 5.88. The molecule has 1 saturated carbocycles. The molecule has 4 nitrogen and oxygen atoms in total. The fraction of sp³-hybridized carbons (Fsp3) is 0.562. The summed E-state index contributed by atoms with van der Waals surface area (Å²) in [4.78, 5) is 11.7. The zero-order chi connectivity index (χ0) is 15.2. The highest BCUT2D eigenvalue weighted by Crippen LogP contribution is 2.28. The smallest absolute Gasteiger partial charge is 0.258 e. The zero-order valence-corrected chi connectivity index (χ0v) is 13.4. The lowest BCUT2D eigenvalue weighted by atomic mass is 10.1. The lowest BCUT2D eigenvalue weighted by Gasteiger charge is -2.18. The normalized spacial score (nSPS) is 15.6. The second-order valence-corrected chi connectivity index (χ2v) is 5.92. The maximum atomic E-state index is 11.7. The van der Waals surface area contributed by atoms with Gasteiger partial charge in [0.05, 0.1) is 0 Å². The van der Waals surface area contributed by atoms with Crippen LogP contribution in [0.15, 0.2) is 18.2 Å². The number of nitrogens with one attached hydrogen (secondary N) is 2. The largest absolute Gasteiger partial charge is 0.483 e. The van der Waals surface area contributed by atoms with Crippen LogP contribution in [0.25, 0.3) is 0 Å². The molecule has 1 unspecified atom stereocenters. The van der Waals surface area contributed by atoms with Crippen molar-refractivity contribution >= 4 is 17.5 Å². The van der Waals surface area contributed by atoms with Crippen LogP contribution in [0.3, 0.4) is 0 Å². The average Bonchev–Trinajstić information content (AvgIpc) is 3.27. The van der Waals surface area contributed by atoms with Crippen LogP contribution in [-0.4, -0.2) is 25.1 Å². The van der Waals surface area contributed by atoms with Gasteiger partial charge in [-0.25, -0.2) is 0 Å². The fourth-order valence-corrected chi connectivity index (χ4v) is 2.28. The molecule has 116 valence electrons. The van der Waals surface area contributed by atoms with E-state index in [0.29, 0.717) is 16.8 Å². The van der Waals surface area contributed by atoms with Crippen LogP contribution in [0.1, 0.15) is 44.7 Å². The van der Waals surface area contributed by atoms with Gasteiger partial charge in [-0.2, -0.15) is 0 Å². The first-order valence-corrected chi connectivity index (χ1v) is 7.93. The number of hydrogen-bond donors (Lipinski definition) is 2. The number of halogens is 1. The predicted octanol–water partition coefficient (Wildman–Crippen LogP) is 3.06. The average molecular weight is 311 g/mol. The van der Waals surface area contributed by atoms with Gasteiger partial charge in [0.25, 0.3) is 5.91 Å². The Bertz CT molecular complexity index is 489. The van der Waals surface area contributed by atoms with Gasteiger partial charge >= 0.3 is 0 Å². The molecule has 1 aromatic carbocycles. The lowest BCUT2D eigenvalue weighted by Crippen LogP contribution is -2.30. The van der Waals surface area contributed by atoms with Crippen LogP contribution >= 0.6 is 11.6 Å². The van der Waals surface area contributed by atoms with Crippen molar-refractivity contribution in [2.24, 2.45) is 0 Å². The van der Waals surface area contributed by atoms with Crippen molar-refractivity contribution < 1.29 is 9.53 Å². The Hall–Kier alpha value is -1.26. The zero-order valence-electron chi connectivity index (χ0n) is 12.6. The number of hydrogen-bond acceptors (Lipinski definition) is 3. The highest BCUT2D eigenvalue weighted by atomic mass is 35.5. The van der Waals surface area contributed by atoms with Crippen LogP contribution in [0.4, 0.5) is 0 Å². The first-order chi connectivity index (χ1) is 10.1. The Labute approximate surface area is 131 Å². The van der Waals surface area contributed by atoms with Crippen LogP contribution in [0.5, 0.6) is 5.75 Å². The third kappa shape index (κ3) is 5.21. The lowest BCUT2D eigenvalue weighted by molar-refractivity contribution is -0.123. The van der Waals surface area contributed by atoms with E-state index in [2.05, 4.69) is 24.5 Å². The molecule has 1 aromatic rings. The van der Waals surface area contributed by atoms with Crippen molar-refractivity contribution in [2.75, 3.05) is 13.2 Å². The molecule has 1 fully saturated rings. The van der Waals surface area contributed by atoms with Gasteiger partial charge in [0.1, 0.15) is 5.75 Å². The quantitative estimate of drug-likeness (QED) is 0.776. The van der Waals surface area contributed by atoms with E-state index in [1.165, 1.54) is 0 Å². The third-order valence-electron chi connectivity index (χ3n) is 3.44. The van der Waals surface area contributed by atoms with Crippen molar-refractivity contribution in [1.29, 1.82) is 0 Å². The van der Waals surface area contributed by atoms with Crippen molar-refractivity contribution in [3.63, 3.8) is 0 Å². The molecule has 0 spiro atoms. The predicted molar refractivity (Wildman–Crippen MR) is 84.8 cm³/mol. The molecule has 0 aliphatic heterocycles. The Morgan fingerprint density at radius 2 is 2.24 bits per heavy atom. The van der Waals surface area contributed by atoms with Crippen molar-refractivity contribution in [1.82, 2.24) is 10.6 Å². The standard InChI is InChI=1S/C16H23ClN2O2/c1-3-8-18-11(2)14-9-12(17)4-7-15(14)21-10-16(20)19-13-5-6-13/h4,7,9,11,13,18H,3,5-6,8,10H2,1-2H3,(H,19,20). The molecule has 1 aliphatic rings. The summed E-state index contributed by atoms with van der Waals surface area (Å²) in [5.74, 6) is 0.647. The number of carbonyl (C=O) groups is 1. The fourth-order valence-electron chi connectivity index (χ4n) is 2.10. The first-order valence-electron chi connectivity index (χ1n) is 7.55. The van der Waals surface area contributed by atoms with Gasteiger partial charge in [-0.05, 0) is 50.9 Å². The molecule has 21 heavy (non-hydrogen) atoms. The van der Waals surface area contributed by atoms with Crippen LogP contribution in [-0.2, 0) is 4.79 Å². The van der Waals surface area contributed by atoms with Gasteiger partial charge < -0.3 is 15.4 Å². The number of carbonyl (C=O) groups excluding carboxylic acids is 1. The minimum atomic E-state index is -0.0624. The van der Waals surface area contributed by atoms with Gasteiger partial charge in [-0.3, -0.25) is 4.79 Å². The van der Waals surface area contributed by atoms with Gasteiger partial charge in [0.15, 0.2) is 6.61 Å². The van der Waals surface area contributed by atoms with E-state index < -0.39 is 0 Å². The monoisotopic (exact) mass is 310 g/mol. The van der Waals surface area contributed by atoms with Gasteiger partial charge in [0.2, 0.25) is 0 Å². The number of rotatable bonds is 8. The molecule has 1 atom stereocenters. The second kappa shape index (κ2) is 7.66. The van der Waals surface area contributed by atoms with Crippen molar-refractivity contribution in [3.8, 4) is 5.75 Å². The maximum absolute atomic E-state index is 11.7. The Morgan fingerprint density at radius 1 is 1.48 bits per heavy atom. The summed E-state index contributed by atoms with van der Waals surface area (Å²) in [5.41, 5.74) is 0.982. The molecular weight excluding hydrogens is 288 g/mol. The van der Waals surface area contributed by atoms with E-state index in [1.54, 1.807) is 6.07 Å². The minimum absolute atomic E-state index is 0.0473. The summed E-state index contributed by atoms with van der Waals surface area (Å²) in [6, 6.07) is 5.99. The second-order valence-electron chi connectivity index (χ2n) is 5.49. The molecule has 0 saturated heterocycles. The third-order valence-corrected chi connectivity index (χ3v) is 3.68. The van der Waals surface area contributed by atoms with Crippen molar-refractivity contribution in [3.05, 3.63) is 28.8 Å². The van der Waals surface area contributed by atoms with Gasteiger partial charge in [-0.1, -0.05) is 18.5 Å². The van der Waals surface area contributed by atoms with Gasteiger partial charge in [0, 0.05) is 22.7 Å². The van der Waals surface area contributed by atoms with E-state index >= 15 is 0 Å². The Balaban J connectivity index is 1.97. The number of benzene rings is 1. The van der Waals surface area contributed by atoms with E-state index in [1.807, 2.05) is 12.1 Å². The summed E-state index contributed by atoms with van der Waals surface area (Å²) in [5, 5.41) is 6.99. The van der Waals surface area contributed by atoms with E-state index in [9.17, 15) is 4.79 Å². The molecule has 0 aromatic heterocycles. The maximum Gasteiger partial charge on any atom is 0.258 e.